The molecule has 0 bridgehead atoms. The van der Waals surface area contributed by atoms with Gasteiger partial charge in [-0.3, -0.25) is 0 Å². The van der Waals surface area contributed by atoms with Gasteiger partial charge in [-0.15, -0.1) is 0 Å². The molecule has 0 aromatic heterocycles. The Morgan fingerprint density at radius 2 is 1.91 bits per heavy atom. The van der Waals surface area contributed by atoms with E-state index in [1.54, 1.807) is 0 Å². The second kappa shape index (κ2) is 11.4. The van der Waals surface area contributed by atoms with Crippen molar-refractivity contribution in [3.05, 3.63) is 47.6 Å². The Balaban J connectivity index is 1.43. The van der Waals surface area contributed by atoms with Gasteiger partial charge in [-0.25, -0.2) is 0 Å². The van der Waals surface area contributed by atoms with Gasteiger partial charge in [0.2, 0.25) is 0 Å². The Kier molecular flexibility index (Phi) is 8.76. The van der Waals surface area contributed by atoms with E-state index in [0.717, 1.165) is 24.8 Å². The Labute approximate surface area is 211 Å². The Hall–Kier alpha value is -1.24. The number of fused-ring (bicyclic) bond motifs is 1. The van der Waals surface area contributed by atoms with E-state index in [2.05, 4.69) is 44.7 Å². The molecule has 0 amide bonds. The lowest BCUT2D eigenvalue weighted by Gasteiger charge is -2.44. The van der Waals surface area contributed by atoms with Crippen molar-refractivity contribution in [1.82, 2.24) is 0 Å². The molecule has 0 spiro atoms. The van der Waals surface area contributed by atoms with Gasteiger partial charge in [0.05, 0.1) is 12.2 Å². The standard InChI is InChI=1S/C30H46O5/c1-19(7-14-26(32)22-9-10-22)24-12-13-25-21(6-4-15-30(24,25)3)8-11-23-18-27(33)29(28(34)20(23)2)35-17-5-16-31/h7-8,11,14,19,22,24-29,31-34H,2,4-6,9-10,12-13,15-18H2,1,3H3/b14-7+,21-8+,23-11-/t19-,24-,25+,26-,27-,28-,29-,30-/m1/s1. The van der Waals surface area contributed by atoms with Crippen molar-refractivity contribution in [1.29, 1.82) is 0 Å². The van der Waals surface area contributed by atoms with Crippen LogP contribution in [0.4, 0.5) is 0 Å². The lowest BCUT2D eigenvalue weighted by atomic mass is 9.61. The van der Waals surface area contributed by atoms with Gasteiger partial charge in [0.1, 0.15) is 12.2 Å². The van der Waals surface area contributed by atoms with E-state index in [-0.39, 0.29) is 18.1 Å². The Morgan fingerprint density at radius 3 is 2.63 bits per heavy atom. The molecule has 4 aliphatic carbocycles. The van der Waals surface area contributed by atoms with E-state index in [1.807, 2.05) is 0 Å². The van der Waals surface area contributed by atoms with Crippen LogP contribution in [-0.2, 0) is 4.74 Å². The average molecular weight is 487 g/mol. The van der Waals surface area contributed by atoms with Gasteiger partial charge in [0.15, 0.2) is 0 Å². The fourth-order valence-electron chi connectivity index (χ4n) is 7.10. The second-order valence-electron chi connectivity index (χ2n) is 11.8. The van der Waals surface area contributed by atoms with Crippen LogP contribution >= 0.6 is 0 Å². The third-order valence-corrected chi connectivity index (χ3v) is 9.39. The van der Waals surface area contributed by atoms with Crippen molar-refractivity contribution in [2.75, 3.05) is 13.2 Å². The van der Waals surface area contributed by atoms with Crippen molar-refractivity contribution in [3.63, 3.8) is 0 Å². The van der Waals surface area contributed by atoms with Gasteiger partial charge in [-0.1, -0.05) is 50.3 Å². The first-order chi connectivity index (χ1) is 16.8. The summed E-state index contributed by atoms with van der Waals surface area (Å²) in [5.41, 5.74) is 3.27. The van der Waals surface area contributed by atoms with Crippen LogP contribution in [-0.4, -0.2) is 58.1 Å². The minimum atomic E-state index is -0.937. The molecule has 0 saturated heterocycles. The summed E-state index contributed by atoms with van der Waals surface area (Å²) in [6.07, 6.45) is 15.1. The van der Waals surface area contributed by atoms with E-state index in [1.165, 1.54) is 31.3 Å². The zero-order valence-corrected chi connectivity index (χ0v) is 21.6. The largest absolute Gasteiger partial charge is 0.396 e. The average Bonchev–Trinajstić information content (AvgIpc) is 3.62. The van der Waals surface area contributed by atoms with Crippen molar-refractivity contribution in [2.45, 2.75) is 96.1 Å². The fourth-order valence-corrected chi connectivity index (χ4v) is 7.10. The van der Waals surface area contributed by atoms with E-state index in [9.17, 15) is 15.3 Å². The summed E-state index contributed by atoms with van der Waals surface area (Å²) in [7, 11) is 0. The monoisotopic (exact) mass is 486 g/mol. The first kappa shape index (κ1) is 26.8. The highest BCUT2D eigenvalue weighted by Crippen LogP contribution is 2.59. The van der Waals surface area contributed by atoms with Crippen molar-refractivity contribution in [3.8, 4) is 0 Å². The molecule has 4 fully saturated rings. The number of aliphatic hydroxyl groups is 4. The summed E-state index contributed by atoms with van der Waals surface area (Å²) < 4.78 is 5.63. The molecule has 8 atom stereocenters. The molecular weight excluding hydrogens is 440 g/mol. The molecule has 4 N–H and O–H groups in total. The van der Waals surface area contributed by atoms with Crippen LogP contribution in [0, 0.1) is 29.1 Å². The molecule has 35 heavy (non-hydrogen) atoms. The molecule has 0 unspecified atom stereocenters. The summed E-state index contributed by atoms with van der Waals surface area (Å²) in [5.74, 6) is 2.12. The maximum absolute atomic E-state index is 10.7. The lowest BCUT2D eigenvalue weighted by Crippen LogP contribution is -2.45. The van der Waals surface area contributed by atoms with Crippen LogP contribution in [0.15, 0.2) is 47.6 Å². The number of hydrogen-bond acceptors (Lipinski definition) is 5. The van der Waals surface area contributed by atoms with Crippen molar-refractivity contribution in [2.24, 2.45) is 29.1 Å². The summed E-state index contributed by atoms with van der Waals surface area (Å²) in [6, 6.07) is 0. The first-order valence-corrected chi connectivity index (χ1v) is 13.8. The van der Waals surface area contributed by atoms with Crippen LogP contribution in [0.25, 0.3) is 0 Å². The Bertz CT molecular complexity index is 840. The highest BCUT2D eigenvalue weighted by atomic mass is 16.5. The van der Waals surface area contributed by atoms with Crippen LogP contribution in [0.3, 0.4) is 0 Å². The number of hydrogen-bond donors (Lipinski definition) is 4. The lowest BCUT2D eigenvalue weighted by molar-refractivity contribution is -0.0968. The van der Waals surface area contributed by atoms with E-state index < -0.39 is 18.3 Å². The number of allylic oxidation sites excluding steroid dienone is 4. The number of aliphatic hydroxyl groups excluding tert-OH is 4. The number of rotatable bonds is 9. The van der Waals surface area contributed by atoms with E-state index in [0.29, 0.717) is 48.7 Å². The maximum Gasteiger partial charge on any atom is 0.114 e. The number of ether oxygens (including phenoxy) is 1. The predicted octanol–water partition coefficient (Wildman–Crippen LogP) is 4.47. The molecular formula is C30H46O5. The third-order valence-electron chi connectivity index (χ3n) is 9.39. The summed E-state index contributed by atoms with van der Waals surface area (Å²) in [4.78, 5) is 0. The van der Waals surface area contributed by atoms with Gasteiger partial charge in [0.25, 0.3) is 0 Å². The first-order valence-electron chi connectivity index (χ1n) is 13.8. The van der Waals surface area contributed by atoms with Crippen LogP contribution < -0.4 is 0 Å². The minimum absolute atomic E-state index is 0.0248. The topological polar surface area (TPSA) is 90.2 Å². The van der Waals surface area contributed by atoms with Crippen LogP contribution in [0.1, 0.15) is 71.6 Å². The molecule has 5 heteroatoms. The van der Waals surface area contributed by atoms with Gasteiger partial charge in [-0.05, 0) is 91.6 Å². The molecule has 0 aromatic rings. The van der Waals surface area contributed by atoms with Crippen LogP contribution in [0.2, 0.25) is 0 Å². The Morgan fingerprint density at radius 1 is 1.14 bits per heavy atom. The van der Waals surface area contributed by atoms with Crippen LogP contribution in [0.5, 0.6) is 0 Å². The molecule has 196 valence electrons. The van der Waals surface area contributed by atoms with Gasteiger partial charge in [-0.2, -0.15) is 0 Å². The summed E-state index contributed by atoms with van der Waals surface area (Å²) in [5, 5.41) is 40.5. The molecule has 0 heterocycles. The SMILES string of the molecule is C=C1/C(=C\C=C2/CCC[C@]3(C)[C@@H]([C@H](C)/C=C/[C@@H](O)C4CC4)CC[C@@H]23)C[C@@H](O)[C@@H](OCCCO)[C@@H]1O. The molecule has 0 aromatic carbocycles. The second-order valence-corrected chi connectivity index (χ2v) is 11.8. The highest BCUT2D eigenvalue weighted by molar-refractivity contribution is 5.40. The summed E-state index contributed by atoms with van der Waals surface area (Å²) >= 11 is 0. The maximum atomic E-state index is 10.7. The zero-order chi connectivity index (χ0) is 25.2. The molecule has 5 nitrogen and oxygen atoms in total. The predicted molar refractivity (Wildman–Crippen MR) is 139 cm³/mol. The van der Waals surface area contributed by atoms with Gasteiger partial charge >= 0.3 is 0 Å². The van der Waals surface area contributed by atoms with Gasteiger partial charge in [0, 0.05) is 19.6 Å². The molecule has 4 rings (SSSR count). The normalized spacial score (nSPS) is 39.9. The van der Waals surface area contributed by atoms with Gasteiger partial charge < -0.3 is 25.2 Å². The molecule has 4 saturated carbocycles. The third kappa shape index (κ3) is 5.86. The van der Waals surface area contributed by atoms with E-state index >= 15 is 0 Å². The zero-order valence-electron chi connectivity index (χ0n) is 21.6. The quantitative estimate of drug-likeness (QED) is 0.285. The minimum Gasteiger partial charge on any atom is -0.396 e. The smallest absolute Gasteiger partial charge is 0.114 e. The molecule has 0 aliphatic heterocycles. The molecule has 4 aliphatic rings. The fraction of sp³-hybridized carbons (Fsp3) is 0.733. The highest BCUT2D eigenvalue weighted by Gasteiger charge is 2.50. The van der Waals surface area contributed by atoms with Crippen molar-refractivity contribution >= 4 is 0 Å². The van der Waals surface area contributed by atoms with E-state index in [4.69, 9.17) is 9.84 Å². The van der Waals surface area contributed by atoms with Crippen molar-refractivity contribution < 1.29 is 25.2 Å². The molecule has 0 radical (unpaired) electrons. The summed E-state index contributed by atoms with van der Waals surface area (Å²) in [6.45, 7) is 9.23.